The molecule has 3 fully saturated rings. The predicted octanol–water partition coefficient (Wildman–Crippen LogP) is 1.33. The minimum absolute atomic E-state index is 0.0148. The van der Waals surface area contributed by atoms with E-state index >= 15 is 0 Å². The summed E-state index contributed by atoms with van der Waals surface area (Å²) in [6, 6.07) is -3.60. The molecule has 4 atom stereocenters. The number of halogens is 1. The number of primary amides is 1. The molecule has 1 saturated heterocycles. The molecule has 214 valence electrons. The molecule has 2 saturated carbocycles. The number of alkyl halides is 1. The van der Waals surface area contributed by atoms with Crippen molar-refractivity contribution in [3.8, 4) is 0 Å². The molecule has 6 N–H and O–H groups in total. The van der Waals surface area contributed by atoms with Crippen LogP contribution in [0.15, 0.2) is 0 Å². The molecule has 12 heteroatoms. The first-order valence-corrected chi connectivity index (χ1v) is 13.2. The first-order chi connectivity index (χ1) is 17.3. The molecule has 0 aromatic heterocycles. The van der Waals surface area contributed by atoms with Crippen LogP contribution in [-0.2, 0) is 23.9 Å². The number of alkyl carbamates (subject to hydrolysis) is 1. The fraction of sp³-hybridized carbons (Fsp3) is 0.808. The monoisotopic (exact) mass is 539 g/mol. The Morgan fingerprint density at radius 1 is 1.00 bits per heavy atom. The standard InChI is InChI=1S/C26H42FN5O6/c1-23(2,3)17(31-22(37)38-24(4,5)6)21(36)30-16(13-25(27)7-8-25)20(35)29-15(18(28)33)11-14-12-26(9-10-26)32-19(14)34/h14-17H,7-13H2,1-6H3,(H2,28,33)(H,29,35)(H,30,36)(H,31,37)(H,32,34)/t14-,15+,16+,17-/m1/s1. The van der Waals surface area contributed by atoms with Crippen molar-refractivity contribution in [3.63, 3.8) is 0 Å². The molecule has 0 radical (unpaired) electrons. The van der Waals surface area contributed by atoms with E-state index in [1.807, 2.05) is 0 Å². The van der Waals surface area contributed by atoms with Gasteiger partial charge in [-0.25, -0.2) is 9.18 Å². The molecular formula is C26H42FN5O6. The highest BCUT2D eigenvalue weighted by molar-refractivity contribution is 5.94. The molecule has 11 nitrogen and oxygen atoms in total. The van der Waals surface area contributed by atoms with Gasteiger partial charge in [0.15, 0.2) is 0 Å². The van der Waals surface area contributed by atoms with Crippen LogP contribution in [0.3, 0.4) is 0 Å². The van der Waals surface area contributed by atoms with Crippen LogP contribution in [0.4, 0.5) is 9.18 Å². The van der Waals surface area contributed by atoms with E-state index in [1.54, 1.807) is 41.5 Å². The van der Waals surface area contributed by atoms with Gasteiger partial charge in [0.25, 0.3) is 0 Å². The lowest BCUT2D eigenvalue weighted by Gasteiger charge is -2.33. The maximum absolute atomic E-state index is 14.8. The molecule has 2 aliphatic carbocycles. The summed E-state index contributed by atoms with van der Waals surface area (Å²) < 4.78 is 20.1. The lowest BCUT2D eigenvalue weighted by Crippen LogP contribution is -2.60. The molecule has 3 aliphatic rings. The maximum atomic E-state index is 14.8. The number of ether oxygens (including phenoxy) is 1. The summed E-state index contributed by atoms with van der Waals surface area (Å²) >= 11 is 0. The normalized spacial score (nSPS) is 23.4. The van der Waals surface area contributed by atoms with Gasteiger partial charge in [-0.2, -0.15) is 0 Å². The summed E-state index contributed by atoms with van der Waals surface area (Å²) in [5.74, 6) is -2.98. The zero-order valence-corrected chi connectivity index (χ0v) is 23.2. The molecule has 3 rings (SSSR count). The van der Waals surface area contributed by atoms with Crippen molar-refractivity contribution in [3.05, 3.63) is 0 Å². The van der Waals surface area contributed by atoms with Crippen LogP contribution in [0.1, 0.15) is 86.5 Å². The van der Waals surface area contributed by atoms with E-state index < -0.39 is 64.5 Å². The van der Waals surface area contributed by atoms with Gasteiger partial charge in [0, 0.05) is 17.9 Å². The van der Waals surface area contributed by atoms with Crippen LogP contribution in [0.5, 0.6) is 0 Å². The second-order valence-corrected chi connectivity index (χ2v) is 13.2. The van der Waals surface area contributed by atoms with Gasteiger partial charge in [0.1, 0.15) is 29.4 Å². The number of hydrogen-bond acceptors (Lipinski definition) is 6. The maximum Gasteiger partial charge on any atom is 0.408 e. The fourth-order valence-electron chi connectivity index (χ4n) is 4.72. The average Bonchev–Trinajstić information content (AvgIpc) is 3.64. The second kappa shape index (κ2) is 10.3. The van der Waals surface area contributed by atoms with E-state index in [0.29, 0.717) is 6.42 Å². The molecule has 1 heterocycles. The van der Waals surface area contributed by atoms with E-state index in [4.69, 9.17) is 10.5 Å². The van der Waals surface area contributed by atoms with Crippen molar-refractivity contribution in [2.24, 2.45) is 17.1 Å². The van der Waals surface area contributed by atoms with E-state index in [0.717, 1.165) is 12.8 Å². The SMILES string of the molecule is CC(C)(C)OC(=O)N[C@H](C(=O)N[C@@H](CC1(F)CC1)C(=O)N[C@@H](C[C@@H]1CC2(CC2)NC1=O)C(N)=O)C(C)(C)C. The molecule has 38 heavy (non-hydrogen) atoms. The van der Waals surface area contributed by atoms with Gasteiger partial charge in [-0.05, 0) is 64.7 Å². The molecule has 0 aromatic carbocycles. The quantitative estimate of drug-likeness (QED) is 0.281. The number of amides is 5. The van der Waals surface area contributed by atoms with Crippen molar-refractivity contribution in [2.75, 3.05) is 0 Å². The van der Waals surface area contributed by atoms with Crippen molar-refractivity contribution in [1.82, 2.24) is 21.3 Å². The Morgan fingerprint density at radius 3 is 2.03 bits per heavy atom. The fourth-order valence-corrected chi connectivity index (χ4v) is 4.72. The van der Waals surface area contributed by atoms with Crippen LogP contribution in [0, 0.1) is 11.3 Å². The Balaban J connectivity index is 1.71. The number of nitrogens with two attached hydrogens (primary N) is 1. The molecular weight excluding hydrogens is 497 g/mol. The smallest absolute Gasteiger partial charge is 0.408 e. The number of rotatable bonds is 10. The summed E-state index contributed by atoms with van der Waals surface area (Å²) in [6.45, 7) is 10.2. The van der Waals surface area contributed by atoms with Gasteiger partial charge >= 0.3 is 6.09 Å². The Labute approximate surface area is 222 Å². The number of nitrogens with one attached hydrogen (secondary N) is 4. The van der Waals surface area contributed by atoms with E-state index in [1.165, 1.54) is 0 Å². The van der Waals surface area contributed by atoms with Crippen molar-refractivity contribution in [2.45, 2.75) is 121 Å². The van der Waals surface area contributed by atoms with Crippen LogP contribution < -0.4 is 27.0 Å². The summed E-state index contributed by atoms with van der Waals surface area (Å²) in [7, 11) is 0. The highest BCUT2D eigenvalue weighted by atomic mass is 19.1. The van der Waals surface area contributed by atoms with Crippen molar-refractivity contribution in [1.29, 1.82) is 0 Å². The average molecular weight is 540 g/mol. The van der Waals surface area contributed by atoms with Gasteiger partial charge in [-0.1, -0.05) is 20.8 Å². The molecule has 0 bridgehead atoms. The van der Waals surface area contributed by atoms with Crippen LogP contribution >= 0.6 is 0 Å². The molecule has 0 aromatic rings. The topological polar surface area (TPSA) is 169 Å². The summed E-state index contributed by atoms with van der Waals surface area (Å²) in [4.78, 5) is 63.5. The van der Waals surface area contributed by atoms with Crippen LogP contribution in [0.2, 0.25) is 0 Å². The zero-order chi connectivity index (χ0) is 28.7. The number of carbonyl (C=O) groups excluding carboxylic acids is 5. The molecule has 1 aliphatic heterocycles. The predicted molar refractivity (Wildman–Crippen MR) is 136 cm³/mol. The van der Waals surface area contributed by atoms with Crippen LogP contribution in [-0.4, -0.2) is 64.7 Å². The zero-order valence-electron chi connectivity index (χ0n) is 23.2. The largest absolute Gasteiger partial charge is 0.444 e. The van der Waals surface area contributed by atoms with Gasteiger partial charge < -0.3 is 31.7 Å². The van der Waals surface area contributed by atoms with E-state index in [2.05, 4.69) is 21.3 Å². The second-order valence-electron chi connectivity index (χ2n) is 13.2. The Hall–Kier alpha value is -2.92. The summed E-state index contributed by atoms with van der Waals surface area (Å²) in [5.41, 5.74) is 2.14. The molecule has 5 amide bonds. The minimum Gasteiger partial charge on any atom is -0.444 e. The lowest BCUT2D eigenvalue weighted by atomic mass is 9.86. The van der Waals surface area contributed by atoms with Gasteiger partial charge in [0.05, 0.1) is 0 Å². The minimum atomic E-state index is -1.61. The summed E-state index contributed by atoms with van der Waals surface area (Å²) in [5, 5.41) is 10.6. The van der Waals surface area contributed by atoms with Crippen LogP contribution in [0.25, 0.3) is 0 Å². The van der Waals surface area contributed by atoms with Gasteiger partial charge in [-0.3, -0.25) is 19.2 Å². The van der Waals surface area contributed by atoms with E-state index in [9.17, 15) is 28.4 Å². The third-order valence-corrected chi connectivity index (χ3v) is 7.21. The number of hydrogen-bond donors (Lipinski definition) is 5. The highest BCUT2D eigenvalue weighted by Gasteiger charge is 2.53. The van der Waals surface area contributed by atoms with Gasteiger partial charge in [0.2, 0.25) is 23.6 Å². The van der Waals surface area contributed by atoms with Crippen molar-refractivity contribution < 1.29 is 33.1 Å². The Bertz CT molecular complexity index is 980. The highest BCUT2D eigenvalue weighted by Crippen LogP contribution is 2.46. The third-order valence-electron chi connectivity index (χ3n) is 7.21. The lowest BCUT2D eigenvalue weighted by molar-refractivity contribution is -0.134. The first-order valence-electron chi connectivity index (χ1n) is 13.2. The number of carbonyl (C=O) groups is 5. The summed E-state index contributed by atoms with van der Waals surface area (Å²) in [6.07, 6.45) is 1.71. The molecule has 0 unspecified atom stereocenters. The van der Waals surface area contributed by atoms with Gasteiger partial charge in [-0.15, -0.1) is 0 Å². The third kappa shape index (κ3) is 8.04. The van der Waals surface area contributed by atoms with E-state index in [-0.39, 0.29) is 37.1 Å². The Kier molecular flexibility index (Phi) is 8.06. The first kappa shape index (κ1) is 29.6. The Morgan fingerprint density at radius 2 is 1.58 bits per heavy atom. The molecule has 1 spiro atoms. The van der Waals surface area contributed by atoms with Crippen molar-refractivity contribution >= 4 is 29.7 Å².